The van der Waals surface area contributed by atoms with E-state index in [1.165, 1.54) is 5.56 Å². The molecular weight excluding hydrogens is 378 g/mol. The van der Waals surface area contributed by atoms with Gasteiger partial charge in [-0.25, -0.2) is 0 Å². The molecule has 0 atom stereocenters. The lowest BCUT2D eigenvalue weighted by atomic mass is 10.1. The van der Waals surface area contributed by atoms with Gasteiger partial charge in [-0.1, -0.05) is 28.1 Å². The van der Waals surface area contributed by atoms with E-state index in [2.05, 4.69) is 58.2 Å². The van der Waals surface area contributed by atoms with E-state index in [1.54, 1.807) is 0 Å². The molecule has 1 amide bonds. The van der Waals surface area contributed by atoms with Crippen LogP contribution in [0.25, 0.3) is 0 Å². The summed E-state index contributed by atoms with van der Waals surface area (Å²) in [5.74, 6) is 0.279. The average Bonchev–Trinajstić information content (AvgIpc) is 2.51. The first-order valence-corrected chi connectivity index (χ1v) is 8.82. The molecule has 0 aromatic heterocycles. The highest BCUT2D eigenvalue weighted by molar-refractivity contribution is 9.10. The van der Waals surface area contributed by atoms with Crippen LogP contribution >= 0.6 is 28.3 Å². The predicted octanol–water partition coefficient (Wildman–Crippen LogP) is 2.90. The molecule has 1 aliphatic heterocycles. The summed E-state index contributed by atoms with van der Waals surface area (Å²) in [4.78, 5) is 16.6. The standard InChI is InChI=1S/C17H26BrN3O.ClH/c1-14(2)21(13-15-4-3-5-16(18)12-15)9-6-17(22)20-10-7-19-8-11-20;/h3-5,12,14,19H,6-11,13H2,1-2H3;1H. The monoisotopic (exact) mass is 403 g/mol. The zero-order valence-electron chi connectivity index (χ0n) is 13.9. The van der Waals surface area contributed by atoms with E-state index in [0.29, 0.717) is 12.5 Å². The summed E-state index contributed by atoms with van der Waals surface area (Å²) in [6.07, 6.45) is 0.603. The van der Waals surface area contributed by atoms with Gasteiger partial charge < -0.3 is 10.2 Å². The second-order valence-corrected chi connectivity index (χ2v) is 6.99. The Morgan fingerprint density at radius 1 is 1.35 bits per heavy atom. The van der Waals surface area contributed by atoms with Gasteiger partial charge in [-0.05, 0) is 31.5 Å². The van der Waals surface area contributed by atoms with Gasteiger partial charge in [0.2, 0.25) is 5.91 Å². The molecule has 0 radical (unpaired) electrons. The largest absolute Gasteiger partial charge is 0.340 e. The number of amides is 1. The van der Waals surface area contributed by atoms with E-state index in [0.717, 1.165) is 43.7 Å². The number of carbonyl (C=O) groups excluding carboxylic acids is 1. The molecule has 1 aromatic rings. The van der Waals surface area contributed by atoms with Crippen molar-refractivity contribution in [3.05, 3.63) is 34.3 Å². The van der Waals surface area contributed by atoms with E-state index in [1.807, 2.05) is 11.0 Å². The van der Waals surface area contributed by atoms with Crippen molar-refractivity contribution in [3.8, 4) is 0 Å². The Morgan fingerprint density at radius 3 is 2.65 bits per heavy atom. The maximum Gasteiger partial charge on any atom is 0.223 e. The normalized spacial score (nSPS) is 14.9. The van der Waals surface area contributed by atoms with Gasteiger partial charge in [0, 0.05) is 56.2 Å². The highest BCUT2D eigenvalue weighted by Gasteiger charge is 2.18. The van der Waals surface area contributed by atoms with Crippen LogP contribution in [0, 0.1) is 0 Å². The molecule has 1 aliphatic rings. The summed E-state index contributed by atoms with van der Waals surface area (Å²) >= 11 is 3.52. The van der Waals surface area contributed by atoms with Gasteiger partial charge in [0.1, 0.15) is 0 Å². The average molecular weight is 405 g/mol. The highest BCUT2D eigenvalue weighted by Crippen LogP contribution is 2.15. The molecule has 0 spiro atoms. The van der Waals surface area contributed by atoms with Gasteiger partial charge in [0.05, 0.1) is 0 Å². The molecule has 2 rings (SSSR count). The van der Waals surface area contributed by atoms with Gasteiger partial charge >= 0.3 is 0 Å². The van der Waals surface area contributed by atoms with E-state index < -0.39 is 0 Å². The van der Waals surface area contributed by atoms with Crippen molar-refractivity contribution in [2.24, 2.45) is 0 Å². The molecule has 6 heteroatoms. The quantitative estimate of drug-likeness (QED) is 0.792. The van der Waals surface area contributed by atoms with E-state index in [9.17, 15) is 4.79 Å². The second-order valence-electron chi connectivity index (χ2n) is 6.07. The van der Waals surface area contributed by atoms with Gasteiger partial charge in [0.15, 0.2) is 0 Å². The minimum atomic E-state index is 0. The Bertz CT molecular complexity index is 492. The topological polar surface area (TPSA) is 35.6 Å². The maximum atomic E-state index is 12.3. The fraction of sp³-hybridized carbons (Fsp3) is 0.588. The Balaban J connectivity index is 0.00000264. The lowest BCUT2D eigenvalue weighted by Crippen LogP contribution is -2.47. The summed E-state index contributed by atoms with van der Waals surface area (Å²) in [5.41, 5.74) is 1.28. The number of piperazine rings is 1. The number of rotatable bonds is 6. The van der Waals surface area contributed by atoms with Crippen LogP contribution in [0.5, 0.6) is 0 Å². The van der Waals surface area contributed by atoms with Gasteiger partial charge in [-0.3, -0.25) is 9.69 Å². The number of benzene rings is 1. The van der Waals surface area contributed by atoms with E-state index in [-0.39, 0.29) is 18.3 Å². The molecule has 1 heterocycles. The fourth-order valence-corrected chi connectivity index (χ4v) is 3.15. The molecular formula is C17H27BrClN3O. The summed E-state index contributed by atoms with van der Waals surface area (Å²) in [6.45, 7) is 9.58. The van der Waals surface area contributed by atoms with Gasteiger partial charge in [-0.2, -0.15) is 0 Å². The van der Waals surface area contributed by atoms with Crippen LogP contribution in [0.4, 0.5) is 0 Å². The van der Waals surface area contributed by atoms with E-state index in [4.69, 9.17) is 0 Å². The van der Waals surface area contributed by atoms with Crippen LogP contribution in [0.3, 0.4) is 0 Å². The Morgan fingerprint density at radius 2 is 2.04 bits per heavy atom. The van der Waals surface area contributed by atoms with E-state index >= 15 is 0 Å². The lowest BCUT2D eigenvalue weighted by Gasteiger charge is -2.30. The first-order valence-electron chi connectivity index (χ1n) is 8.03. The third-order valence-electron chi connectivity index (χ3n) is 4.09. The Hall–Kier alpha value is -0.620. The van der Waals surface area contributed by atoms with Crippen LogP contribution in [0.1, 0.15) is 25.8 Å². The number of hydrogen-bond acceptors (Lipinski definition) is 3. The van der Waals surface area contributed by atoms with Crippen molar-refractivity contribution in [1.29, 1.82) is 0 Å². The number of hydrogen-bond donors (Lipinski definition) is 1. The van der Waals surface area contributed by atoms with Crippen LogP contribution in [-0.2, 0) is 11.3 Å². The second kappa shape index (κ2) is 10.3. The van der Waals surface area contributed by atoms with Crippen LogP contribution in [-0.4, -0.2) is 54.5 Å². The zero-order valence-corrected chi connectivity index (χ0v) is 16.3. The summed E-state index contributed by atoms with van der Waals surface area (Å²) in [6, 6.07) is 8.81. The first-order chi connectivity index (χ1) is 10.6. The van der Waals surface area contributed by atoms with Crippen molar-refractivity contribution in [3.63, 3.8) is 0 Å². The number of nitrogens with zero attached hydrogens (tertiary/aromatic N) is 2. The van der Waals surface area contributed by atoms with Crippen LogP contribution in [0.15, 0.2) is 28.7 Å². The Kier molecular flexibility index (Phi) is 9.14. The molecule has 0 bridgehead atoms. The minimum Gasteiger partial charge on any atom is -0.340 e. The molecule has 4 nitrogen and oxygen atoms in total. The SMILES string of the molecule is CC(C)N(CCC(=O)N1CCNCC1)Cc1cccc(Br)c1.Cl. The smallest absolute Gasteiger partial charge is 0.223 e. The lowest BCUT2D eigenvalue weighted by molar-refractivity contribution is -0.132. The van der Waals surface area contributed by atoms with Crippen molar-refractivity contribution in [2.45, 2.75) is 32.9 Å². The zero-order chi connectivity index (χ0) is 15.9. The Labute approximate surface area is 154 Å². The highest BCUT2D eigenvalue weighted by atomic mass is 79.9. The van der Waals surface area contributed by atoms with Crippen molar-refractivity contribution < 1.29 is 4.79 Å². The number of nitrogens with one attached hydrogen (secondary N) is 1. The molecule has 1 N–H and O–H groups in total. The van der Waals surface area contributed by atoms with Crippen molar-refractivity contribution >= 4 is 34.2 Å². The molecule has 0 unspecified atom stereocenters. The summed E-state index contributed by atoms with van der Waals surface area (Å²) < 4.78 is 1.10. The van der Waals surface area contributed by atoms with Crippen LogP contribution in [0.2, 0.25) is 0 Å². The maximum absolute atomic E-state index is 12.3. The molecule has 1 saturated heterocycles. The fourth-order valence-electron chi connectivity index (χ4n) is 2.70. The molecule has 1 aromatic carbocycles. The summed E-state index contributed by atoms with van der Waals surface area (Å²) in [5, 5.41) is 3.28. The molecule has 23 heavy (non-hydrogen) atoms. The minimum absolute atomic E-state index is 0. The summed E-state index contributed by atoms with van der Waals surface area (Å²) in [7, 11) is 0. The van der Waals surface area contributed by atoms with Crippen molar-refractivity contribution in [1.82, 2.24) is 15.1 Å². The predicted molar refractivity (Wildman–Crippen MR) is 101 cm³/mol. The molecule has 1 fully saturated rings. The third kappa shape index (κ3) is 6.79. The molecule has 0 saturated carbocycles. The molecule has 0 aliphatic carbocycles. The van der Waals surface area contributed by atoms with Crippen LogP contribution < -0.4 is 5.32 Å². The number of halogens is 2. The van der Waals surface area contributed by atoms with Gasteiger partial charge in [-0.15, -0.1) is 12.4 Å². The molecule has 130 valence electrons. The van der Waals surface area contributed by atoms with Crippen molar-refractivity contribution in [2.75, 3.05) is 32.7 Å². The van der Waals surface area contributed by atoms with Gasteiger partial charge in [0.25, 0.3) is 0 Å². The number of carbonyl (C=O) groups is 1. The third-order valence-corrected chi connectivity index (χ3v) is 4.58. The first kappa shape index (κ1) is 20.4.